The molecule has 2 N–H and O–H groups in total. The Hall–Kier alpha value is -1.41. The first-order valence-electron chi connectivity index (χ1n) is 7.64. The van der Waals surface area contributed by atoms with Crippen LogP contribution in [-0.2, 0) is 34.7 Å². The average Bonchev–Trinajstić information content (AvgIpc) is 2.87. The third-order valence-corrected chi connectivity index (χ3v) is 6.00. The van der Waals surface area contributed by atoms with E-state index >= 15 is 0 Å². The Morgan fingerprint density at radius 1 is 1.41 bits per heavy atom. The van der Waals surface area contributed by atoms with Crippen LogP contribution < -0.4 is 10.0 Å². The van der Waals surface area contributed by atoms with Crippen molar-refractivity contribution >= 4 is 21.7 Å². The molecule has 7 nitrogen and oxygen atoms in total. The fourth-order valence-corrected chi connectivity index (χ4v) is 5.08. The van der Waals surface area contributed by atoms with Gasteiger partial charge in [-0.1, -0.05) is 0 Å². The number of amides is 1. The number of aryl methyl sites for hydroxylation is 2. The van der Waals surface area contributed by atoms with Crippen LogP contribution in [0.1, 0.15) is 43.9 Å². The van der Waals surface area contributed by atoms with E-state index in [0.717, 1.165) is 42.8 Å². The van der Waals surface area contributed by atoms with Crippen LogP contribution in [0.3, 0.4) is 0 Å². The van der Waals surface area contributed by atoms with Crippen molar-refractivity contribution in [1.29, 1.82) is 0 Å². The predicted molar refractivity (Wildman–Crippen MR) is 83.0 cm³/mol. The van der Waals surface area contributed by atoms with E-state index in [9.17, 15) is 13.2 Å². The summed E-state index contributed by atoms with van der Waals surface area (Å²) < 4.78 is 27.4. The zero-order valence-corrected chi connectivity index (χ0v) is 13.8. The van der Waals surface area contributed by atoms with E-state index in [0.29, 0.717) is 6.42 Å². The number of carbonyl (C=O) groups is 1. The number of hydrogen-bond acceptors (Lipinski definition) is 4. The monoisotopic (exact) mass is 326 g/mol. The van der Waals surface area contributed by atoms with Crippen LogP contribution in [0.2, 0.25) is 0 Å². The Bertz CT molecular complexity index is 710. The molecule has 1 saturated heterocycles. The lowest BCUT2D eigenvalue weighted by Gasteiger charge is -2.22. The van der Waals surface area contributed by atoms with Crippen molar-refractivity contribution in [2.45, 2.75) is 51.0 Å². The molecule has 3 rings (SSSR count). The highest BCUT2D eigenvalue weighted by Gasteiger charge is 2.39. The molecule has 2 heterocycles. The molecule has 0 aromatic carbocycles. The molecule has 0 bridgehead atoms. The lowest BCUT2D eigenvalue weighted by atomic mass is 9.95. The summed E-state index contributed by atoms with van der Waals surface area (Å²) in [5, 5.41) is 7.39. The van der Waals surface area contributed by atoms with E-state index in [1.165, 1.54) is 0 Å². The van der Waals surface area contributed by atoms with E-state index in [4.69, 9.17) is 0 Å². The summed E-state index contributed by atoms with van der Waals surface area (Å²) in [6.07, 6.45) is 4.72. The molecule has 1 amide bonds. The molecule has 22 heavy (non-hydrogen) atoms. The van der Waals surface area contributed by atoms with E-state index in [1.54, 1.807) is 11.6 Å². The fraction of sp³-hybridized carbons (Fsp3) is 0.714. The van der Waals surface area contributed by atoms with Crippen LogP contribution in [0.4, 0.5) is 5.82 Å². The molecule has 122 valence electrons. The molecule has 1 atom stereocenters. The maximum Gasteiger partial charge on any atom is 0.227 e. The van der Waals surface area contributed by atoms with Gasteiger partial charge in [-0.2, -0.15) is 5.10 Å². The Morgan fingerprint density at radius 3 is 2.82 bits per heavy atom. The Labute approximate surface area is 130 Å². The third-order valence-electron chi connectivity index (χ3n) is 4.45. The smallest absolute Gasteiger partial charge is 0.227 e. The van der Waals surface area contributed by atoms with Crippen LogP contribution in [0.5, 0.6) is 0 Å². The van der Waals surface area contributed by atoms with Gasteiger partial charge in [0.2, 0.25) is 15.9 Å². The first-order valence-corrected chi connectivity index (χ1v) is 9.29. The maximum atomic E-state index is 12.3. The minimum atomic E-state index is -3.23. The largest absolute Gasteiger partial charge is 0.311 e. The molecule has 1 aliphatic carbocycles. The van der Waals surface area contributed by atoms with Gasteiger partial charge < -0.3 is 5.32 Å². The molecule has 0 radical (unpaired) electrons. The quantitative estimate of drug-likeness (QED) is 0.855. The van der Waals surface area contributed by atoms with Gasteiger partial charge >= 0.3 is 0 Å². The first-order chi connectivity index (χ1) is 10.3. The number of nitrogens with zero attached hydrogens (tertiary/aromatic N) is 2. The van der Waals surface area contributed by atoms with E-state index in [-0.39, 0.29) is 18.1 Å². The lowest BCUT2D eigenvalue weighted by molar-refractivity contribution is -0.117. The summed E-state index contributed by atoms with van der Waals surface area (Å²) in [5.41, 5.74) is 1.50. The van der Waals surface area contributed by atoms with E-state index in [2.05, 4.69) is 15.1 Å². The van der Waals surface area contributed by atoms with Crippen LogP contribution in [0.15, 0.2) is 0 Å². The van der Waals surface area contributed by atoms with Crippen LogP contribution in [0.25, 0.3) is 0 Å². The molecule has 1 aromatic heterocycles. The second-order valence-corrected chi connectivity index (χ2v) is 8.40. The number of fused-ring (bicyclic) bond motifs is 1. The number of aromatic nitrogens is 2. The molecular weight excluding hydrogens is 304 g/mol. The molecule has 0 saturated carbocycles. The second-order valence-electron chi connectivity index (χ2n) is 6.56. The molecule has 1 unspecified atom stereocenters. The number of anilines is 1. The van der Waals surface area contributed by atoms with Crippen molar-refractivity contribution in [3.05, 3.63) is 11.3 Å². The first kappa shape index (κ1) is 15.5. The summed E-state index contributed by atoms with van der Waals surface area (Å²) in [7, 11) is -1.40. The van der Waals surface area contributed by atoms with Crippen molar-refractivity contribution in [1.82, 2.24) is 14.5 Å². The minimum absolute atomic E-state index is 0.0812. The van der Waals surface area contributed by atoms with E-state index < -0.39 is 15.6 Å². The molecule has 1 aliphatic heterocycles. The topological polar surface area (TPSA) is 93.1 Å². The highest BCUT2D eigenvalue weighted by atomic mass is 32.2. The van der Waals surface area contributed by atoms with Gasteiger partial charge in [0.15, 0.2) is 0 Å². The van der Waals surface area contributed by atoms with Gasteiger partial charge in [-0.3, -0.25) is 9.48 Å². The summed E-state index contributed by atoms with van der Waals surface area (Å²) in [5.74, 6) is 0.658. The van der Waals surface area contributed by atoms with Gasteiger partial charge in [0.05, 0.1) is 11.4 Å². The summed E-state index contributed by atoms with van der Waals surface area (Å²) in [6.45, 7) is 1.77. The molecule has 0 spiro atoms. The standard InChI is InChI=1S/C14H22N4O3S/c1-14(7-8-22(20,21)17-14)9-12(19)15-13-10-5-3-4-6-11(10)16-18(13)2/h17H,3-9H2,1-2H3,(H,15,19). The number of carbonyl (C=O) groups excluding carboxylic acids is 1. The number of nitrogens with one attached hydrogen (secondary N) is 2. The Kier molecular flexibility index (Phi) is 3.76. The average molecular weight is 326 g/mol. The molecular formula is C14H22N4O3S. The summed E-state index contributed by atoms with van der Waals surface area (Å²) in [6, 6.07) is 0. The normalized spacial score (nSPS) is 26.6. The van der Waals surface area contributed by atoms with Crippen LogP contribution in [0, 0.1) is 0 Å². The summed E-state index contributed by atoms with van der Waals surface area (Å²) >= 11 is 0. The van der Waals surface area contributed by atoms with Crippen LogP contribution in [-0.4, -0.2) is 35.4 Å². The van der Waals surface area contributed by atoms with Gasteiger partial charge in [-0.15, -0.1) is 0 Å². The SMILES string of the molecule is Cn1nc2c(c1NC(=O)CC1(C)CCS(=O)(=O)N1)CCCC2. The summed E-state index contributed by atoms with van der Waals surface area (Å²) in [4.78, 5) is 12.3. The molecule has 1 aromatic rings. The van der Waals surface area contributed by atoms with Gasteiger partial charge in [-0.05, 0) is 39.0 Å². The third kappa shape index (κ3) is 3.03. The van der Waals surface area contributed by atoms with Crippen molar-refractivity contribution in [3.63, 3.8) is 0 Å². The number of sulfonamides is 1. The zero-order chi connectivity index (χ0) is 16.0. The van der Waals surface area contributed by atoms with Gasteiger partial charge in [0.25, 0.3) is 0 Å². The second kappa shape index (κ2) is 5.34. The fourth-order valence-electron chi connectivity index (χ4n) is 3.33. The lowest BCUT2D eigenvalue weighted by Crippen LogP contribution is -2.41. The van der Waals surface area contributed by atoms with Gasteiger partial charge in [0, 0.05) is 24.6 Å². The zero-order valence-electron chi connectivity index (χ0n) is 13.0. The minimum Gasteiger partial charge on any atom is -0.311 e. The predicted octanol–water partition coefficient (Wildman–Crippen LogP) is 0.709. The highest BCUT2D eigenvalue weighted by molar-refractivity contribution is 7.89. The number of rotatable bonds is 3. The Balaban J connectivity index is 1.72. The highest BCUT2D eigenvalue weighted by Crippen LogP contribution is 2.28. The molecule has 8 heteroatoms. The molecule has 2 aliphatic rings. The van der Waals surface area contributed by atoms with Crippen molar-refractivity contribution in [3.8, 4) is 0 Å². The van der Waals surface area contributed by atoms with Crippen molar-refractivity contribution in [2.24, 2.45) is 7.05 Å². The van der Waals surface area contributed by atoms with Gasteiger partial charge in [-0.25, -0.2) is 13.1 Å². The number of hydrogen-bond donors (Lipinski definition) is 2. The van der Waals surface area contributed by atoms with Crippen molar-refractivity contribution < 1.29 is 13.2 Å². The van der Waals surface area contributed by atoms with Crippen molar-refractivity contribution in [2.75, 3.05) is 11.1 Å². The van der Waals surface area contributed by atoms with Crippen LogP contribution >= 0.6 is 0 Å². The maximum absolute atomic E-state index is 12.3. The van der Waals surface area contributed by atoms with Gasteiger partial charge in [0.1, 0.15) is 5.82 Å². The Morgan fingerprint density at radius 2 is 2.14 bits per heavy atom. The molecule has 1 fully saturated rings. The van der Waals surface area contributed by atoms with E-state index in [1.807, 2.05) is 7.05 Å².